The number of hydrogen-bond acceptors (Lipinski definition) is 3. The van der Waals surface area contributed by atoms with Crippen LogP contribution in [0.25, 0.3) is 0 Å². The van der Waals surface area contributed by atoms with E-state index in [9.17, 15) is 9.90 Å². The van der Waals surface area contributed by atoms with E-state index in [2.05, 4.69) is 0 Å². The number of aryl methyl sites for hydroxylation is 1. The molecule has 70 valence electrons. The van der Waals surface area contributed by atoms with Crippen molar-refractivity contribution >= 4 is 5.78 Å². The highest BCUT2D eigenvalue weighted by atomic mass is 16.3. The molecule has 0 spiro atoms. The monoisotopic (exact) mass is 180 g/mol. The second-order valence-corrected chi connectivity index (χ2v) is 3.02. The summed E-state index contributed by atoms with van der Waals surface area (Å²) in [6.07, 6.45) is 0.854. The summed E-state index contributed by atoms with van der Waals surface area (Å²) in [4.78, 5) is 10.7. The highest BCUT2D eigenvalue weighted by molar-refractivity contribution is 5.75. The molecule has 0 radical (unpaired) electrons. The minimum absolute atomic E-state index is 0.0720. The van der Waals surface area contributed by atoms with Crippen molar-refractivity contribution in [2.24, 2.45) is 0 Å². The van der Waals surface area contributed by atoms with Gasteiger partial charge in [0.25, 0.3) is 0 Å². The lowest BCUT2D eigenvalue weighted by Gasteiger charge is -2.03. The third kappa shape index (κ3) is 2.78. The van der Waals surface area contributed by atoms with Gasteiger partial charge in [-0.3, -0.25) is 0 Å². The summed E-state index contributed by atoms with van der Waals surface area (Å²) in [5, 5.41) is 18.4. The molecule has 0 aliphatic rings. The van der Waals surface area contributed by atoms with Crippen molar-refractivity contribution in [3.05, 3.63) is 23.8 Å². The summed E-state index contributed by atoms with van der Waals surface area (Å²) in [6.45, 7) is 1.50. The van der Waals surface area contributed by atoms with E-state index in [1.54, 1.807) is 0 Å². The molecule has 0 saturated carbocycles. The molecule has 0 atom stereocenters. The summed E-state index contributed by atoms with van der Waals surface area (Å²) in [5.74, 6) is 0.304. The number of aromatic hydroxyl groups is 2. The zero-order valence-electron chi connectivity index (χ0n) is 7.45. The van der Waals surface area contributed by atoms with Crippen molar-refractivity contribution in [3.63, 3.8) is 0 Å². The summed E-state index contributed by atoms with van der Waals surface area (Å²) in [6, 6.07) is 4.30. The number of benzene rings is 1. The van der Waals surface area contributed by atoms with Gasteiger partial charge in [0.15, 0.2) is 0 Å². The van der Waals surface area contributed by atoms with Crippen LogP contribution >= 0.6 is 0 Å². The largest absolute Gasteiger partial charge is 0.508 e. The molecule has 3 heteroatoms. The average Bonchev–Trinajstić information content (AvgIpc) is 2.06. The lowest BCUT2D eigenvalue weighted by Crippen LogP contribution is -1.94. The maximum atomic E-state index is 10.7. The molecule has 0 unspecified atom stereocenters. The quantitative estimate of drug-likeness (QED) is 0.695. The second kappa shape index (κ2) is 3.94. The van der Waals surface area contributed by atoms with Gasteiger partial charge in [-0.15, -0.1) is 0 Å². The molecule has 0 heterocycles. The Morgan fingerprint density at radius 1 is 1.38 bits per heavy atom. The summed E-state index contributed by atoms with van der Waals surface area (Å²) in [7, 11) is 0. The topological polar surface area (TPSA) is 57.5 Å². The lowest BCUT2D eigenvalue weighted by molar-refractivity contribution is -0.116. The number of rotatable bonds is 3. The van der Waals surface area contributed by atoms with Crippen LogP contribution in [0.2, 0.25) is 0 Å². The second-order valence-electron chi connectivity index (χ2n) is 3.02. The number of carbonyl (C=O) groups excluding carboxylic acids is 1. The number of phenolic OH excluding ortho intramolecular Hbond substituents is 2. The Bertz CT molecular complexity index is 318. The molecule has 2 N–H and O–H groups in total. The molecular formula is C10H12O3. The van der Waals surface area contributed by atoms with Gasteiger partial charge in [-0.1, -0.05) is 0 Å². The number of phenols is 2. The molecule has 0 aromatic heterocycles. The Morgan fingerprint density at radius 2 is 2.08 bits per heavy atom. The van der Waals surface area contributed by atoms with Crippen molar-refractivity contribution in [3.8, 4) is 11.5 Å². The fraction of sp³-hybridized carbons (Fsp3) is 0.300. The molecule has 0 aliphatic carbocycles. The lowest BCUT2D eigenvalue weighted by atomic mass is 10.1. The zero-order valence-corrected chi connectivity index (χ0v) is 7.45. The van der Waals surface area contributed by atoms with Gasteiger partial charge in [-0.25, -0.2) is 0 Å². The van der Waals surface area contributed by atoms with Crippen LogP contribution in [0.5, 0.6) is 11.5 Å². The maximum Gasteiger partial charge on any atom is 0.130 e. The molecule has 13 heavy (non-hydrogen) atoms. The summed E-state index contributed by atoms with van der Waals surface area (Å²) < 4.78 is 0. The van der Waals surface area contributed by atoms with Crippen LogP contribution in [-0.2, 0) is 11.2 Å². The first kappa shape index (κ1) is 9.58. The Kier molecular flexibility index (Phi) is 2.90. The van der Waals surface area contributed by atoms with Gasteiger partial charge in [-0.2, -0.15) is 0 Å². The Balaban J connectivity index is 2.75. The van der Waals surface area contributed by atoms with Crippen LogP contribution in [0.1, 0.15) is 18.9 Å². The zero-order chi connectivity index (χ0) is 9.84. The molecule has 0 saturated heterocycles. The van der Waals surface area contributed by atoms with Crippen LogP contribution in [0.3, 0.4) is 0 Å². The number of carbonyl (C=O) groups is 1. The van der Waals surface area contributed by atoms with Gasteiger partial charge in [0.2, 0.25) is 0 Å². The molecule has 3 nitrogen and oxygen atoms in total. The van der Waals surface area contributed by atoms with Crippen LogP contribution in [0.15, 0.2) is 18.2 Å². The van der Waals surface area contributed by atoms with E-state index in [1.165, 1.54) is 25.1 Å². The van der Waals surface area contributed by atoms with E-state index in [0.717, 1.165) is 0 Å². The van der Waals surface area contributed by atoms with Gasteiger partial charge >= 0.3 is 0 Å². The third-order valence-electron chi connectivity index (χ3n) is 1.81. The smallest absolute Gasteiger partial charge is 0.130 e. The molecule has 0 fully saturated rings. The summed E-state index contributed by atoms with van der Waals surface area (Å²) >= 11 is 0. The van der Waals surface area contributed by atoms with Crippen molar-refractivity contribution in [1.82, 2.24) is 0 Å². The molecular weight excluding hydrogens is 168 g/mol. The minimum atomic E-state index is 0.0720. The van der Waals surface area contributed by atoms with Crippen LogP contribution < -0.4 is 0 Å². The number of Topliss-reactive ketones (excluding diaryl/α,β-unsaturated/α-hetero) is 1. The van der Waals surface area contributed by atoms with E-state index in [4.69, 9.17) is 5.11 Å². The van der Waals surface area contributed by atoms with Crippen LogP contribution in [-0.4, -0.2) is 16.0 Å². The molecule has 1 aromatic carbocycles. The first-order valence-electron chi connectivity index (χ1n) is 4.10. The molecule has 1 aromatic rings. The number of hydrogen-bond donors (Lipinski definition) is 2. The first-order chi connectivity index (χ1) is 6.09. The van der Waals surface area contributed by atoms with Gasteiger partial charge in [0.1, 0.15) is 17.3 Å². The predicted octanol–water partition coefficient (Wildman–Crippen LogP) is 1.62. The molecule has 1 rings (SSSR count). The first-order valence-corrected chi connectivity index (χ1v) is 4.10. The normalized spacial score (nSPS) is 9.92. The highest BCUT2D eigenvalue weighted by Gasteiger charge is 2.03. The van der Waals surface area contributed by atoms with Gasteiger partial charge in [0, 0.05) is 6.42 Å². The van der Waals surface area contributed by atoms with Crippen molar-refractivity contribution < 1.29 is 15.0 Å². The fourth-order valence-corrected chi connectivity index (χ4v) is 1.08. The molecule has 0 amide bonds. The highest BCUT2D eigenvalue weighted by Crippen LogP contribution is 2.23. The van der Waals surface area contributed by atoms with E-state index >= 15 is 0 Å². The van der Waals surface area contributed by atoms with Crippen molar-refractivity contribution in [2.45, 2.75) is 19.8 Å². The molecule has 0 aliphatic heterocycles. The SMILES string of the molecule is CC(=O)CCc1cc(O)ccc1O. The summed E-state index contributed by atoms with van der Waals surface area (Å²) in [5.41, 5.74) is 0.607. The van der Waals surface area contributed by atoms with Gasteiger partial charge in [-0.05, 0) is 37.1 Å². The third-order valence-corrected chi connectivity index (χ3v) is 1.81. The fourth-order valence-electron chi connectivity index (χ4n) is 1.08. The average molecular weight is 180 g/mol. The Labute approximate surface area is 76.6 Å². The van der Waals surface area contributed by atoms with Gasteiger partial charge in [0.05, 0.1) is 0 Å². The Morgan fingerprint density at radius 3 is 2.69 bits per heavy atom. The van der Waals surface area contributed by atoms with E-state index in [0.29, 0.717) is 18.4 Å². The predicted molar refractivity (Wildman–Crippen MR) is 48.8 cm³/mol. The minimum Gasteiger partial charge on any atom is -0.508 e. The Hall–Kier alpha value is -1.51. The molecule has 0 bridgehead atoms. The van der Waals surface area contributed by atoms with Crippen molar-refractivity contribution in [1.29, 1.82) is 0 Å². The van der Waals surface area contributed by atoms with E-state index in [-0.39, 0.29) is 17.3 Å². The van der Waals surface area contributed by atoms with Gasteiger partial charge < -0.3 is 15.0 Å². The van der Waals surface area contributed by atoms with E-state index in [1.807, 2.05) is 0 Å². The van der Waals surface area contributed by atoms with Crippen LogP contribution in [0, 0.1) is 0 Å². The number of ketones is 1. The van der Waals surface area contributed by atoms with Crippen molar-refractivity contribution in [2.75, 3.05) is 0 Å². The van der Waals surface area contributed by atoms with Crippen LogP contribution in [0.4, 0.5) is 0 Å². The maximum absolute atomic E-state index is 10.7. The standard InChI is InChI=1S/C10H12O3/c1-7(11)2-3-8-6-9(12)4-5-10(8)13/h4-6,12-13H,2-3H2,1H3. The van der Waals surface area contributed by atoms with E-state index < -0.39 is 0 Å².